The number of hydrogen-bond acceptors (Lipinski definition) is 5. The second kappa shape index (κ2) is 5.12. The quantitative estimate of drug-likeness (QED) is 0.702. The van der Waals surface area contributed by atoms with Crippen LogP contribution in [0.25, 0.3) is 0 Å². The van der Waals surface area contributed by atoms with Crippen molar-refractivity contribution in [3.8, 4) is 0 Å². The molecule has 0 aliphatic heterocycles. The molecule has 1 unspecified atom stereocenters. The molecular formula is C11H20N4O. The number of nitrogens with one attached hydrogen (secondary N) is 1. The minimum absolute atomic E-state index is 0.456. The first kappa shape index (κ1) is 12.7. The van der Waals surface area contributed by atoms with Crippen LogP contribution in [0.1, 0.15) is 32.3 Å². The van der Waals surface area contributed by atoms with Gasteiger partial charge in [-0.25, -0.2) is 9.97 Å². The minimum Gasteiger partial charge on any atom is -0.388 e. The Morgan fingerprint density at radius 3 is 2.81 bits per heavy atom. The maximum Gasteiger partial charge on any atom is 0.134 e. The van der Waals surface area contributed by atoms with E-state index in [4.69, 9.17) is 5.73 Å². The van der Waals surface area contributed by atoms with Crippen molar-refractivity contribution in [2.24, 2.45) is 0 Å². The van der Waals surface area contributed by atoms with Crippen LogP contribution in [-0.4, -0.2) is 27.2 Å². The first-order valence-corrected chi connectivity index (χ1v) is 5.49. The number of aliphatic hydroxyl groups is 1. The number of nitrogen functional groups attached to an aromatic ring is 1. The molecule has 0 fully saturated rings. The summed E-state index contributed by atoms with van der Waals surface area (Å²) in [4.78, 5) is 7.97. The summed E-state index contributed by atoms with van der Waals surface area (Å²) in [6.07, 6.45) is 3.11. The average molecular weight is 224 g/mol. The molecule has 0 bridgehead atoms. The zero-order valence-electron chi connectivity index (χ0n) is 10.1. The van der Waals surface area contributed by atoms with Crippen LogP contribution in [0.2, 0.25) is 0 Å². The average Bonchev–Trinajstić information content (AvgIpc) is 2.20. The van der Waals surface area contributed by atoms with Gasteiger partial charge in [0.15, 0.2) is 0 Å². The molecule has 4 N–H and O–H groups in total. The fourth-order valence-corrected chi connectivity index (χ4v) is 1.54. The highest BCUT2D eigenvalue weighted by atomic mass is 16.3. The van der Waals surface area contributed by atoms with Gasteiger partial charge in [0.25, 0.3) is 0 Å². The number of nitrogens with zero attached hydrogens (tertiary/aromatic N) is 2. The van der Waals surface area contributed by atoms with Crippen molar-refractivity contribution in [1.82, 2.24) is 9.97 Å². The molecule has 0 saturated heterocycles. The Morgan fingerprint density at radius 2 is 2.19 bits per heavy atom. The van der Waals surface area contributed by atoms with E-state index in [1.54, 1.807) is 0 Å². The van der Waals surface area contributed by atoms with Crippen molar-refractivity contribution in [3.05, 3.63) is 11.9 Å². The molecule has 1 rings (SSSR count). The van der Waals surface area contributed by atoms with Crippen LogP contribution in [0.5, 0.6) is 0 Å². The van der Waals surface area contributed by atoms with Crippen molar-refractivity contribution >= 4 is 11.6 Å². The lowest BCUT2D eigenvalue weighted by atomic mass is 10.0. The molecule has 1 aromatic heterocycles. The second-order valence-electron chi connectivity index (χ2n) is 4.33. The van der Waals surface area contributed by atoms with E-state index in [9.17, 15) is 5.11 Å². The maximum absolute atomic E-state index is 10.00. The van der Waals surface area contributed by atoms with Crippen LogP contribution >= 0.6 is 0 Å². The second-order valence-corrected chi connectivity index (χ2v) is 4.33. The van der Waals surface area contributed by atoms with Crippen LogP contribution in [-0.2, 0) is 0 Å². The molecule has 0 amide bonds. The van der Waals surface area contributed by atoms with Crippen molar-refractivity contribution in [2.45, 2.75) is 39.2 Å². The van der Waals surface area contributed by atoms with Gasteiger partial charge in [-0.05, 0) is 20.3 Å². The van der Waals surface area contributed by atoms with Crippen LogP contribution in [0.4, 0.5) is 11.6 Å². The van der Waals surface area contributed by atoms with E-state index < -0.39 is 5.60 Å². The molecule has 16 heavy (non-hydrogen) atoms. The Labute approximate surface area is 96.1 Å². The van der Waals surface area contributed by atoms with Gasteiger partial charge in [-0.3, -0.25) is 0 Å². The smallest absolute Gasteiger partial charge is 0.134 e. The van der Waals surface area contributed by atoms with E-state index in [0.717, 1.165) is 18.4 Å². The molecule has 90 valence electrons. The highest BCUT2D eigenvalue weighted by Gasteiger charge is 2.19. The maximum atomic E-state index is 10.00. The van der Waals surface area contributed by atoms with E-state index in [2.05, 4.69) is 15.3 Å². The number of aromatic nitrogens is 2. The van der Waals surface area contributed by atoms with Crippen molar-refractivity contribution in [3.63, 3.8) is 0 Å². The van der Waals surface area contributed by atoms with E-state index in [0.29, 0.717) is 18.2 Å². The van der Waals surface area contributed by atoms with E-state index in [-0.39, 0.29) is 0 Å². The molecule has 0 saturated carbocycles. The van der Waals surface area contributed by atoms with Gasteiger partial charge in [-0.1, -0.05) is 13.3 Å². The summed E-state index contributed by atoms with van der Waals surface area (Å²) in [5.74, 6) is 1.15. The third-order valence-corrected chi connectivity index (χ3v) is 2.55. The Morgan fingerprint density at radius 1 is 1.50 bits per heavy atom. The molecule has 0 radical (unpaired) electrons. The lowest BCUT2D eigenvalue weighted by molar-refractivity contribution is 0.0636. The van der Waals surface area contributed by atoms with E-state index >= 15 is 0 Å². The van der Waals surface area contributed by atoms with Gasteiger partial charge in [0, 0.05) is 12.1 Å². The summed E-state index contributed by atoms with van der Waals surface area (Å²) in [6, 6.07) is 0. The van der Waals surface area contributed by atoms with Gasteiger partial charge < -0.3 is 16.2 Å². The third-order valence-electron chi connectivity index (χ3n) is 2.55. The van der Waals surface area contributed by atoms with Crippen LogP contribution < -0.4 is 11.1 Å². The standard InChI is InChI=1S/C11H20N4O/c1-4-5-11(3,16)6-13-10-8(2)9(12)14-7-15-10/h7,16H,4-6H2,1-3H3,(H3,12,13,14,15). The van der Waals surface area contributed by atoms with Crippen LogP contribution in [0.3, 0.4) is 0 Å². The van der Waals surface area contributed by atoms with Gasteiger partial charge in [0.1, 0.15) is 18.0 Å². The van der Waals surface area contributed by atoms with E-state index in [1.807, 2.05) is 20.8 Å². The Hall–Kier alpha value is -1.36. The molecule has 1 atom stereocenters. The predicted octanol–water partition coefficient (Wildman–Crippen LogP) is 1.33. The molecule has 5 heteroatoms. The zero-order chi connectivity index (χ0) is 12.2. The molecule has 0 aliphatic rings. The lowest BCUT2D eigenvalue weighted by Crippen LogP contribution is -2.33. The lowest BCUT2D eigenvalue weighted by Gasteiger charge is -2.23. The number of anilines is 2. The Kier molecular flexibility index (Phi) is 4.06. The van der Waals surface area contributed by atoms with Crippen molar-refractivity contribution in [1.29, 1.82) is 0 Å². The fraction of sp³-hybridized carbons (Fsp3) is 0.636. The monoisotopic (exact) mass is 224 g/mol. The zero-order valence-corrected chi connectivity index (χ0v) is 10.1. The van der Waals surface area contributed by atoms with Gasteiger partial charge in [0.2, 0.25) is 0 Å². The topological polar surface area (TPSA) is 84.1 Å². The van der Waals surface area contributed by atoms with Gasteiger partial charge in [-0.2, -0.15) is 0 Å². The SMILES string of the molecule is CCCC(C)(O)CNc1ncnc(N)c1C. The van der Waals surface area contributed by atoms with Crippen molar-refractivity contribution in [2.75, 3.05) is 17.6 Å². The van der Waals surface area contributed by atoms with Gasteiger partial charge in [-0.15, -0.1) is 0 Å². The van der Waals surface area contributed by atoms with Gasteiger partial charge in [0.05, 0.1) is 5.60 Å². The first-order chi connectivity index (χ1) is 7.46. The highest BCUT2D eigenvalue weighted by molar-refractivity contribution is 5.53. The molecule has 0 aliphatic carbocycles. The van der Waals surface area contributed by atoms with Crippen LogP contribution in [0.15, 0.2) is 6.33 Å². The van der Waals surface area contributed by atoms with E-state index in [1.165, 1.54) is 6.33 Å². The van der Waals surface area contributed by atoms with Crippen LogP contribution in [0, 0.1) is 6.92 Å². The number of rotatable bonds is 5. The number of hydrogen-bond donors (Lipinski definition) is 3. The molecule has 0 aromatic carbocycles. The predicted molar refractivity (Wildman–Crippen MR) is 65.2 cm³/mol. The summed E-state index contributed by atoms with van der Waals surface area (Å²) < 4.78 is 0. The number of nitrogens with two attached hydrogens (primary N) is 1. The molecule has 1 heterocycles. The molecule has 5 nitrogen and oxygen atoms in total. The Bertz CT molecular complexity index is 352. The molecular weight excluding hydrogens is 204 g/mol. The normalized spacial score (nSPS) is 14.5. The summed E-state index contributed by atoms with van der Waals surface area (Å²) in [5.41, 5.74) is 5.76. The molecule has 1 aromatic rings. The largest absolute Gasteiger partial charge is 0.388 e. The Balaban J connectivity index is 2.64. The minimum atomic E-state index is -0.721. The summed E-state index contributed by atoms with van der Waals surface area (Å²) in [7, 11) is 0. The first-order valence-electron chi connectivity index (χ1n) is 5.49. The van der Waals surface area contributed by atoms with Crippen molar-refractivity contribution < 1.29 is 5.11 Å². The summed E-state index contributed by atoms with van der Waals surface area (Å²) >= 11 is 0. The fourth-order valence-electron chi connectivity index (χ4n) is 1.54. The summed E-state index contributed by atoms with van der Waals surface area (Å²) in [5, 5.41) is 13.1. The van der Waals surface area contributed by atoms with Gasteiger partial charge >= 0.3 is 0 Å². The third kappa shape index (κ3) is 3.34. The molecule has 0 spiro atoms. The summed E-state index contributed by atoms with van der Waals surface area (Å²) in [6.45, 7) is 6.16. The highest BCUT2D eigenvalue weighted by Crippen LogP contribution is 2.17.